The highest BCUT2D eigenvalue weighted by Crippen LogP contribution is 2.29. The minimum Gasteiger partial charge on any atom is -0.355 e. The monoisotopic (exact) mass is 444 g/mol. The number of hydrogen-bond acceptors (Lipinski definition) is 3. The van der Waals surface area contributed by atoms with E-state index in [0.29, 0.717) is 31.2 Å². The molecule has 0 spiro atoms. The van der Waals surface area contributed by atoms with Gasteiger partial charge in [-0.25, -0.2) is 4.99 Å². The normalized spacial score (nSPS) is 12.1. The number of aliphatic imine (C=N–C) groups is 1. The van der Waals surface area contributed by atoms with Crippen LogP contribution in [0.25, 0.3) is 0 Å². The summed E-state index contributed by atoms with van der Waals surface area (Å²) in [6.45, 7) is 5.91. The van der Waals surface area contributed by atoms with Gasteiger partial charge in [0.1, 0.15) is 12.2 Å². The van der Waals surface area contributed by atoms with Crippen LogP contribution in [0.15, 0.2) is 59.9 Å². The van der Waals surface area contributed by atoms with Gasteiger partial charge in [-0.15, -0.1) is 10.2 Å². The van der Waals surface area contributed by atoms with Crippen LogP contribution in [0.3, 0.4) is 0 Å². The van der Waals surface area contributed by atoms with E-state index in [1.54, 1.807) is 12.4 Å². The van der Waals surface area contributed by atoms with Gasteiger partial charge in [0.15, 0.2) is 5.96 Å². The molecule has 0 fully saturated rings. The van der Waals surface area contributed by atoms with Crippen LogP contribution in [-0.2, 0) is 32.2 Å². The van der Waals surface area contributed by atoms with Crippen molar-refractivity contribution in [2.24, 2.45) is 4.99 Å². The Hall–Kier alpha value is -3.36. The number of nitrogens with one attached hydrogen (secondary N) is 2. The summed E-state index contributed by atoms with van der Waals surface area (Å²) in [6, 6.07) is 13.3. The molecular formula is C23H27F3N6. The molecule has 1 aromatic heterocycles. The summed E-state index contributed by atoms with van der Waals surface area (Å²) in [7, 11) is 0. The van der Waals surface area contributed by atoms with E-state index in [1.165, 1.54) is 11.6 Å². The second kappa shape index (κ2) is 10.8. The maximum absolute atomic E-state index is 13.0. The van der Waals surface area contributed by atoms with Gasteiger partial charge in [-0.3, -0.25) is 0 Å². The fraction of sp³-hybridized carbons (Fsp3) is 0.348. The van der Waals surface area contributed by atoms with Gasteiger partial charge in [-0.05, 0) is 30.2 Å². The summed E-state index contributed by atoms with van der Waals surface area (Å²) in [5, 5.41) is 14.5. The Bertz CT molecular complexity index is 1020. The van der Waals surface area contributed by atoms with Gasteiger partial charge >= 0.3 is 6.18 Å². The standard InChI is InChI=1S/C23H27F3N6/c1-3-21-31-30-16-32(21)12-11-27-22(28-14-18-9-7-17(2)8-10-18)29-15-19-5-4-6-20(13-19)23(24,25)26/h4-10,13,16H,3,11-12,14-15H2,1-2H3,(H2,27,28,29). The first kappa shape index (κ1) is 23.3. The molecule has 170 valence electrons. The zero-order chi connectivity index (χ0) is 23.0. The van der Waals surface area contributed by atoms with Crippen LogP contribution in [0, 0.1) is 6.92 Å². The molecule has 2 N–H and O–H groups in total. The molecule has 0 aliphatic carbocycles. The molecule has 0 aliphatic rings. The van der Waals surface area contributed by atoms with Crippen molar-refractivity contribution >= 4 is 5.96 Å². The lowest BCUT2D eigenvalue weighted by Gasteiger charge is -2.14. The van der Waals surface area contributed by atoms with Crippen LogP contribution < -0.4 is 10.6 Å². The number of benzene rings is 2. The van der Waals surface area contributed by atoms with Crippen molar-refractivity contribution in [3.05, 3.63) is 82.9 Å². The van der Waals surface area contributed by atoms with Gasteiger partial charge in [0, 0.05) is 26.1 Å². The number of aryl methyl sites for hydroxylation is 2. The number of rotatable bonds is 8. The maximum atomic E-state index is 13.0. The van der Waals surface area contributed by atoms with Gasteiger partial charge < -0.3 is 15.2 Å². The molecule has 6 nitrogen and oxygen atoms in total. The van der Waals surface area contributed by atoms with E-state index in [2.05, 4.69) is 25.8 Å². The molecule has 0 radical (unpaired) electrons. The molecule has 3 aromatic rings. The molecule has 3 rings (SSSR count). The Morgan fingerprint density at radius 1 is 1.06 bits per heavy atom. The minimum atomic E-state index is -4.37. The number of guanidine groups is 1. The number of hydrogen-bond donors (Lipinski definition) is 2. The smallest absolute Gasteiger partial charge is 0.355 e. The second-order valence-electron chi connectivity index (χ2n) is 7.42. The second-order valence-corrected chi connectivity index (χ2v) is 7.42. The van der Waals surface area contributed by atoms with Crippen LogP contribution in [0.5, 0.6) is 0 Å². The van der Waals surface area contributed by atoms with Crippen molar-refractivity contribution < 1.29 is 13.2 Å². The van der Waals surface area contributed by atoms with E-state index in [0.717, 1.165) is 29.9 Å². The van der Waals surface area contributed by atoms with E-state index >= 15 is 0 Å². The lowest BCUT2D eigenvalue weighted by Crippen LogP contribution is -2.38. The molecule has 0 unspecified atom stereocenters. The van der Waals surface area contributed by atoms with Crippen LogP contribution in [-0.4, -0.2) is 27.3 Å². The fourth-order valence-corrected chi connectivity index (χ4v) is 3.12. The van der Waals surface area contributed by atoms with Crippen LogP contribution >= 0.6 is 0 Å². The summed E-state index contributed by atoms with van der Waals surface area (Å²) in [5.74, 6) is 1.41. The first-order valence-corrected chi connectivity index (χ1v) is 10.5. The minimum absolute atomic E-state index is 0.125. The summed E-state index contributed by atoms with van der Waals surface area (Å²) in [5.41, 5.74) is 2.07. The Morgan fingerprint density at radius 2 is 1.84 bits per heavy atom. The van der Waals surface area contributed by atoms with E-state index in [1.807, 2.05) is 42.7 Å². The summed E-state index contributed by atoms with van der Waals surface area (Å²) in [4.78, 5) is 4.50. The zero-order valence-electron chi connectivity index (χ0n) is 18.2. The van der Waals surface area contributed by atoms with E-state index in [4.69, 9.17) is 0 Å². The van der Waals surface area contributed by atoms with Gasteiger partial charge in [0.2, 0.25) is 0 Å². The lowest BCUT2D eigenvalue weighted by molar-refractivity contribution is -0.137. The number of aromatic nitrogens is 3. The largest absolute Gasteiger partial charge is 0.416 e. The highest BCUT2D eigenvalue weighted by molar-refractivity contribution is 5.79. The van der Waals surface area contributed by atoms with Gasteiger partial charge in [0.05, 0.1) is 12.1 Å². The molecule has 32 heavy (non-hydrogen) atoms. The third kappa shape index (κ3) is 6.83. The molecule has 0 amide bonds. The van der Waals surface area contributed by atoms with Crippen molar-refractivity contribution in [1.29, 1.82) is 0 Å². The van der Waals surface area contributed by atoms with Crippen molar-refractivity contribution in [2.75, 3.05) is 6.54 Å². The van der Waals surface area contributed by atoms with Crippen LogP contribution in [0.2, 0.25) is 0 Å². The SMILES string of the molecule is CCc1nncn1CCNC(=NCc1cccc(C(F)(F)F)c1)NCc1ccc(C)cc1. The Balaban J connectivity index is 1.67. The molecular weight excluding hydrogens is 417 g/mol. The summed E-state index contributed by atoms with van der Waals surface area (Å²) >= 11 is 0. The lowest BCUT2D eigenvalue weighted by atomic mass is 10.1. The molecule has 0 aliphatic heterocycles. The first-order chi connectivity index (χ1) is 15.3. The zero-order valence-corrected chi connectivity index (χ0v) is 18.2. The average Bonchev–Trinajstić information content (AvgIpc) is 3.23. The Kier molecular flexibility index (Phi) is 7.86. The molecule has 9 heteroatoms. The Morgan fingerprint density at radius 3 is 2.56 bits per heavy atom. The maximum Gasteiger partial charge on any atom is 0.416 e. The van der Waals surface area contributed by atoms with Gasteiger partial charge in [-0.1, -0.05) is 48.9 Å². The number of halogens is 3. The molecule has 1 heterocycles. The van der Waals surface area contributed by atoms with Crippen LogP contribution in [0.1, 0.15) is 35.0 Å². The van der Waals surface area contributed by atoms with Crippen molar-refractivity contribution in [3.8, 4) is 0 Å². The number of nitrogens with zero attached hydrogens (tertiary/aromatic N) is 4. The quantitative estimate of drug-likeness (QED) is 0.406. The third-order valence-corrected chi connectivity index (χ3v) is 4.91. The third-order valence-electron chi connectivity index (χ3n) is 4.91. The van der Waals surface area contributed by atoms with Crippen molar-refractivity contribution in [3.63, 3.8) is 0 Å². The predicted octanol–water partition coefficient (Wildman–Crippen LogP) is 4.10. The predicted molar refractivity (Wildman–Crippen MR) is 118 cm³/mol. The van der Waals surface area contributed by atoms with Gasteiger partial charge in [-0.2, -0.15) is 13.2 Å². The van der Waals surface area contributed by atoms with Gasteiger partial charge in [0.25, 0.3) is 0 Å². The average molecular weight is 445 g/mol. The first-order valence-electron chi connectivity index (χ1n) is 10.5. The molecule has 0 bridgehead atoms. The topological polar surface area (TPSA) is 67.1 Å². The highest BCUT2D eigenvalue weighted by atomic mass is 19.4. The molecule has 0 saturated carbocycles. The fourth-order valence-electron chi connectivity index (χ4n) is 3.12. The van der Waals surface area contributed by atoms with E-state index < -0.39 is 11.7 Å². The number of alkyl halides is 3. The summed E-state index contributed by atoms with van der Waals surface area (Å²) < 4.78 is 40.9. The van der Waals surface area contributed by atoms with Crippen molar-refractivity contribution in [1.82, 2.24) is 25.4 Å². The highest BCUT2D eigenvalue weighted by Gasteiger charge is 2.30. The van der Waals surface area contributed by atoms with E-state index in [-0.39, 0.29) is 6.54 Å². The Labute approximate surface area is 185 Å². The van der Waals surface area contributed by atoms with Crippen LogP contribution in [0.4, 0.5) is 13.2 Å². The summed E-state index contributed by atoms with van der Waals surface area (Å²) in [6.07, 6.45) is -1.91. The molecule has 0 atom stereocenters. The molecule has 2 aromatic carbocycles. The van der Waals surface area contributed by atoms with E-state index in [9.17, 15) is 13.2 Å². The van der Waals surface area contributed by atoms with Crippen molar-refractivity contribution in [2.45, 2.75) is 46.1 Å². The molecule has 0 saturated heterocycles.